The second-order valence-electron chi connectivity index (χ2n) is 8.07. The maximum Gasteiger partial charge on any atom is 0.244 e. The third kappa shape index (κ3) is 7.33. The van der Waals surface area contributed by atoms with Crippen molar-refractivity contribution in [1.82, 2.24) is 10.2 Å². The number of rotatable bonds is 10. The normalized spacial score (nSPS) is 12.3. The molecule has 0 spiro atoms. The summed E-state index contributed by atoms with van der Waals surface area (Å²) in [5, 5.41) is 2.82. The van der Waals surface area contributed by atoms with Gasteiger partial charge in [0.25, 0.3) is 0 Å². The first-order valence-corrected chi connectivity index (χ1v) is 12.2. The highest BCUT2D eigenvalue weighted by molar-refractivity contribution is 7.92. The van der Waals surface area contributed by atoms with Crippen LogP contribution in [0.4, 0.5) is 10.1 Å². The highest BCUT2D eigenvalue weighted by Crippen LogP contribution is 2.19. The summed E-state index contributed by atoms with van der Waals surface area (Å²) in [5.74, 6) is -1.15. The van der Waals surface area contributed by atoms with E-state index in [1.807, 2.05) is 44.2 Å². The van der Waals surface area contributed by atoms with E-state index in [9.17, 15) is 22.4 Å². The van der Waals surface area contributed by atoms with E-state index in [1.54, 1.807) is 6.92 Å². The number of carbonyl (C=O) groups is 2. The summed E-state index contributed by atoms with van der Waals surface area (Å²) in [6, 6.07) is 13.2. The minimum absolute atomic E-state index is 0.136. The van der Waals surface area contributed by atoms with Crippen molar-refractivity contribution in [3.63, 3.8) is 0 Å². The van der Waals surface area contributed by atoms with Gasteiger partial charge >= 0.3 is 0 Å². The highest BCUT2D eigenvalue weighted by Gasteiger charge is 2.30. The van der Waals surface area contributed by atoms with Gasteiger partial charge in [-0.2, -0.15) is 0 Å². The molecular formula is C23H30FN3O4S. The average Bonchev–Trinajstić information content (AvgIpc) is 2.74. The van der Waals surface area contributed by atoms with E-state index in [-0.39, 0.29) is 24.1 Å². The molecule has 0 aromatic heterocycles. The van der Waals surface area contributed by atoms with Crippen LogP contribution >= 0.6 is 0 Å². The molecule has 2 aromatic carbocycles. The summed E-state index contributed by atoms with van der Waals surface area (Å²) in [6.45, 7) is 5.62. The molecule has 0 aliphatic rings. The van der Waals surface area contributed by atoms with Crippen LogP contribution in [-0.2, 0) is 26.2 Å². The molecule has 0 fully saturated rings. The van der Waals surface area contributed by atoms with E-state index < -0.39 is 34.3 Å². The monoisotopic (exact) mass is 463 g/mol. The van der Waals surface area contributed by atoms with E-state index in [0.29, 0.717) is 6.54 Å². The third-order valence-corrected chi connectivity index (χ3v) is 5.98. The van der Waals surface area contributed by atoms with Crippen LogP contribution < -0.4 is 9.62 Å². The van der Waals surface area contributed by atoms with Crippen LogP contribution in [0.3, 0.4) is 0 Å². The molecule has 0 unspecified atom stereocenters. The predicted octanol–water partition coefficient (Wildman–Crippen LogP) is 2.78. The number of hydrogen-bond acceptors (Lipinski definition) is 4. The topological polar surface area (TPSA) is 86.8 Å². The van der Waals surface area contributed by atoms with Crippen molar-refractivity contribution in [3.05, 3.63) is 66.0 Å². The van der Waals surface area contributed by atoms with Gasteiger partial charge in [-0.05, 0) is 42.7 Å². The van der Waals surface area contributed by atoms with Crippen LogP contribution in [-0.4, -0.2) is 50.5 Å². The molecule has 1 atom stereocenters. The molecule has 0 heterocycles. The smallest absolute Gasteiger partial charge is 0.244 e. The number of sulfonamides is 1. The largest absolute Gasteiger partial charge is 0.354 e. The van der Waals surface area contributed by atoms with Crippen molar-refractivity contribution in [3.8, 4) is 0 Å². The Morgan fingerprint density at radius 2 is 1.59 bits per heavy atom. The van der Waals surface area contributed by atoms with Gasteiger partial charge < -0.3 is 10.2 Å². The lowest BCUT2D eigenvalue weighted by Gasteiger charge is -2.31. The number of carbonyl (C=O) groups excluding carboxylic acids is 2. The van der Waals surface area contributed by atoms with Crippen molar-refractivity contribution in [2.45, 2.75) is 33.4 Å². The molecule has 0 aliphatic carbocycles. The van der Waals surface area contributed by atoms with Crippen LogP contribution in [0, 0.1) is 11.7 Å². The van der Waals surface area contributed by atoms with Gasteiger partial charge in [0.15, 0.2) is 0 Å². The van der Waals surface area contributed by atoms with E-state index >= 15 is 0 Å². The van der Waals surface area contributed by atoms with Crippen molar-refractivity contribution in [2.24, 2.45) is 5.92 Å². The molecule has 2 rings (SSSR count). The lowest BCUT2D eigenvalue weighted by Crippen LogP contribution is -2.51. The van der Waals surface area contributed by atoms with E-state index in [0.717, 1.165) is 28.3 Å². The minimum atomic E-state index is -3.84. The maximum absolute atomic E-state index is 13.3. The number of nitrogens with one attached hydrogen (secondary N) is 1. The molecule has 32 heavy (non-hydrogen) atoms. The average molecular weight is 464 g/mol. The molecule has 0 aliphatic heterocycles. The Balaban J connectivity index is 2.32. The van der Waals surface area contributed by atoms with Crippen LogP contribution in [0.2, 0.25) is 0 Å². The first-order chi connectivity index (χ1) is 15.0. The van der Waals surface area contributed by atoms with Crippen molar-refractivity contribution < 1.29 is 22.4 Å². The molecular weight excluding hydrogens is 433 g/mol. The van der Waals surface area contributed by atoms with Gasteiger partial charge in [-0.3, -0.25) is 13.9 Å². The standard InChI is InChI=1S/C23H30FN3O4S/c1-17(2)14-25-23(29)18(3)26(15-19-8-6-5-7-9-19)22(28)16-27(32(4,30)31)21-12-10-20(24)11-13-21/h5-13,17-18H,14-16H2,1-4H3,(H,25,29)/t18-/m0/s1. The molecule has 2 amide bonds. The zero-order valence-corrected chi connectivity index (χ0v) is 19.6. The number of halogens is 1. The number of amides is 2. The highest BCUT2D eigenvalue weighted by atomic mass is 32.2. The van der Waals surface area contributed by atoms with Crippen LogP contribution in [0.1, 0.15) is 26.3 Å². The zero-order chi connectivity index (χ0) is 23.9. The Labute approximate surface area is 189 Å². The quantitative estimate of drug-likeness (QED) is 0.587. The first kappa shape index (κ1) is 25.3. The summed E-state index contributed by atoms with van der Waals surface area (Å²) < 4.78 is 39.0. The zero-order valence-electron chi connectivity index (χ0n) is 18.8. The Morgan fingerprint density at radius 3 is 2.12 bits per heavy atom. The maximum atomic E-state index is 13.3. The van der Waals surface area contributed by atoms with E-state index in [1.165, 1.54) is 17.0 Å². The van der Waals surface area contributed by atoms with E-state index in [4.69, 9.17) is 0 Å². The fraction of sp³-hybridized carbons (Fsp3) is 0.391. The van der Waals surface area contributed by atoms with Gasteiger partial charge in [-0.1, -0.05) is 44.2 Å². The molecule has 0 radical (unpaired) electrons. The summed E-state index contributed by atoms with van der Waals surface area (Å²) >= 11 is 0. The number of benzene rings is 2. The second kappa shape index (κ2) is 11.1. The van der Waals surface area contributed by atoms with Crippen molar-refractivity contribution in [1.29, 1.82) is 0 Å². The van der Waals surface area contributed by atoms with Gasteiger partial charge in [0, 0.05) is 13.1 Å². The second-order valence-corrected chi connectivity index (χ2v) is 9.98. The lowest BCUT2D eigenvalue weighted by molar-refractivity contribution is -0.139. The molecule has 174 valence electrons. The Morgan fingerprint density at radius 1 is 1.00 bits per heavy atom. The number of hydrogen-bond donors (Lipinski definition) is 1. The fourth-order valence-electron chi connectivity index (χ4n) is 3.04. The molecule has 0 bridgehead atoms. The van der Waals surface area contributed by atoms with Crippen LogP contribution in [0.5, 0.6) is 0 Å². The summed E-state index contributed by atoms with van der Waals surface area (Å²) in [4.78, 5) is 27.3. The molecule has 7 nitrogen and oxygen atoms in total. The van der Waals surface area contributed by atoms with Gasteiger partial charge in [-0.15, -0.1) is 0 Å². The van der Waals surface area contributed by atoms with Gasteiger partial charge in [0.1, 0.15) is 18.4 Å². The minimum Gasteiger partial charge on any atom is -0.354 e. The third-order valence-electron chi connectivity index (χ3n) is 4.84. The molecule has 9 heteroatoms. The van der Waals surface area contributed by atoms with Crippen molar-refractivity contribution in [2.75, 3.05) is 23.7 Å². The van der Waals surface area contributed by atoms with Gasteiger partial charge in [0.2, 0.25) is 21.8 Å². The van der Waals surface area contributed by atoms with Crippen LogP contribution in [0.25, 0.3) is 0 Å². The van der Waals surface area contributed by atoms with Crippen LogP contribution in [0.15, 0.2) is 54.6 Å². The fourth-order valence-corrected chi connectivity index (χ4v) is 3.89. The van der Waals surface area contributed by atoms with Crippen molar-refractivity contribution >= 4 is 27.5 Å². The lowest BCUT2D eigenvalue weighted by atomic mass is 10.1. The van der Waals surface area contributed by atoms with Gasteiger partial charge in [-0.25, -0.2) is 12.8 Å². The molecule has 2 aromatic rings. The SMILES string of the molecule is CC(C)CNC(=O)[C@H](C)N(Cc1ccccc1)C(=O)CN(c1ccc(F)cc1)S(C)(=O)=O. The van der Waals surface area contributed by atoms with Gasteiger partial charge in [0.05, 0.1) is 11.9 Å². The number of anilines is 1. The summed E-state index contributed by atoms with van der Waals surface area (Å²) in [7, 11) is -3.84. The molecule has 0 saturated carbocycles. The first-order valence-electron chi connectivity index (χ1n) is 10.3. The Hall–Kier alpha value is -2.94. The Bertz CT molecular complexity index is 1010. The molecule has 0 saturated heterocycles. The molecule has 1 N–H and O–H groups in total. The predicted molar refractivity (Wildman–Crippen MR) is 123 cm³/mol. The number of nitrogens with zero attached hydrogens (tertiary/aromatic N) is 2. The van der Waals surface area contributed by atoms with E-state index in [2.05, 4.69) is 5.32 Å². The summed E-state index contributed by atoms with van der Waals surface area (Å²) in [6.07, 6.45) is 0.976. The Kier molecular flexibility index (Phi) is 8.77. The summed E-state index contributed by atoms with van der Waals surface area (Å²) in [5.41, 5.74) is 0.968.